The predicted molar refractivity (Wildman–Crippen MR) is 63.9 cm³/mol. The first-order valence-electron chi connectivity index (χ1n) is 5.17. The minimum Gasteiger partial charge on any atom is -0.263 e. The molecule has 0 spiro atoms. The van der Waals surface area contributed by atoms with Gasteiger partial charge in [-0.1, -0.05) is 18.2 Å². The van der Waals surface area contributed by atoms with E-state index in [0.717, 1.165) is 6.92 Å². The molecule has 0 aliphatic heterocycles. The van der Waals surface area contributed by atoms with Crippen LogP contribution in [0.15, 0.2) is 35.2 Å². The minimum atomic E-state index is -4.12. The number of nitriles is 1. The van der Waals surface area contributed by atoms with Crippen LogP contribution in [-0.2, 0) is 9.84 Å². The summed E-state index contributed by atoms with van der Waals surface area (Å²) < 4.78 is 24.5. The van der Waals surface area contributed by atoms with Crippen molar-refractivity contribution in [3.8, 4) is 6.07 Å². The summed E-state index contributed by atoms with van der Waals surface area (Å²) in [5, 5.41) is 19.5. The maximum absolute atomic E-state index is 12.3. The Bertz CT molecular complexity index is 577. The highest BCUT2D eigenvalue weighted by atomic mass is 32.2. The molecule has 0 radical (unpaired) electrons. The molecule has 0 heterocycles. The standard InChI is InChI=1S/C11H12N2O4S/c1-11(13(14)15,8-5-9-12)18(16,17)10-6-3-2-4-7-10/h2-4,6-7H,5,8H2,1H3/t11-/m1/s1. The summed E-state index contributed by atoms with van der Waals surface area (Å²) in [6.45, 7) is 1.03. The number of benzene rings is 1. The minimum absolute atomic E-state index is 0.109. The van der Waals surface area contributed by atoms with E-state index >= 15 is 0 Å². The molecule has 18 heavy (non-hydrogen) atoms. The number of rotatable bonds is 5. The zero-order valence-corrected chi connectivity index (χ0v) is 10.6. The molecule has 0 aliphatic rings. The summed E-state index contributed by atoms with van der Waals surface area (Å²) >= 11 is 0. The average molecular weight is 268 g/mol. The normalized spacial score (nSPS) is 14.4. The average Bonchev–Trinajstić information content (AvgIpc) is 2.36. The molecule has 0 aliphatic carbocycles. The molecule has 0 amide bonds. The molecule has 6 nitrogen and oxygen atoms in total. The summed E-state index contributed by atoms with van der Waals surface area (Å²) in [4.78, 5) is 7.94. The highest BCUT2D eigenvalue weighted by molar-refractivity contribution is 7.92. The summed E-state index contributed by atoms with van der Waals surface area (Å²) in [5.74, 6) is 0. The van der Waals surface area contributed by atoms with Gasteiger partial charge >= 0.3 is 4.87 Å². The third-order valence-corrected chi connectivity index (χ3v) is 5.12. The topological polar surface area (TPSA) is 101 Å². The maximum Gasteiger partial charge on any atom is 0.321 e. The van der Waals surface area contributed by atoms with Gasteiger partial charge < -0.3 is 0 Å². The van der Waals surface area contributed by atoms with Gasteiger partial charge in [-0.25, -0.2) is 8.42 Å². The van der Waals surface area contributed by atoms with E-state index in [9.17, 15) is 18.5 Å². The van der Waals surface area contributed by atoms with E-state index in [1.165, 1.54) is 24.3 Å². The van der Waals surface area contributed by atoms with Crippen LogP contribution in [0.3, 0.4) is 0 Å². The van der Waals surface area contributed by atoms with Crippen molar-refractivity contribution in [2.75, 3.05) is 0 Å². The lowest BCUT2D eigenvalue weighted by molar-refractivity contribution is -0.537. The van der Waals surface area contributed by atoms with Crippen LogP contribution >= 0.6 is 0 Å². The Morgan fingerprint density at radius 1 is 1.39 bits per heavy atom. The lowest BCUT2D eigenvalue weighted by Gasteiger charge is -2.20. The van der Waals surface area contributed by atoms with Gasteiger partial charge in [0.25, 0.3) is 0 Å². The fourth-order valence-corrected chi connectivity index (χ4v) is 3.06. The molecule has 96 valence electrons. The predicted octanol–water partition coefficient (Wildman–Crippen LogP) is 1.76. The number of nitrogens with zero attached hydrogens (tertiary/aromatic N) is 2. The third-order valence-electron chi connectivity index (χ3n) is 2.72. The van der Waals surface area contributed by atoms with Crippen molar-refractivity contribution in [1.29, 1.82) is 5.26 Å². The van der Waals surface area contributed by atoms with Crippen molar-refractivity contribution in [3.63, 3.8) is 0 Å². The molecule has 1 aromatic carbocycles. The molecule has 0 saturated carbocycles. The van der Waals surface area contributed by atoms with E-state index in [-0.39, 0.29) is 17.7 Å². The Morgan fingerprint density at radius 3 is 2.39 bits per heavy atom. The van der Waals surface area contributed by atoms with E-state index in [0.29, 0.717) is 0 Å². The SMILES string of the molecule is C[C@@](CCC#N)([N+](=O)[O-])S(=O)(=O)c1ccccc1. The summed E-state index contributed by atoms with van der Waals surface area (Å²) in [6, 6.07) is 8.97. The quantitative estimate of drug-likeness (QED) is 0.598. The van der Waals surface area contributed by atoms with Crippen LogP contribution < -0.4 is 0 Å². The summed E-state index contributed by atoms with van der Waals surface area (Å²) in [6.07, 6.45) is -0.530. The van der Waals surface area contributed by atoms with Crippen LogP contribution in [0, 0.1) is 21.4 Å². The molecule has 0 unspecified atom stereocenters. The Labute approximate surface area is 105 Å². The number of nitro groups is 1. The molecule has 7 heteroatoms. The van der Waals surface area contributed by atoms with Crippen molar-refractivity contribution < 1.29 is 13.3 Å². The van der Waals surface area contributed by atoms with Crippen molar-refractivity contribution >= 4 is 9.84 Å². The van der Waals surface area contributed by atoms with Gasteiger partial charge in [-0.05, 0) is 12.1 Å². The molecular formula is C11H12N2O4S. The van der Waals surface area contributed by atoms with Crippen molar-refractivity contribution in [3.05, 3.63) is 40.4 Å². The fraction of sp³-hybridized carbons (Fsp3) is 0.364. The van der Waals surface area contributed by atoms with E-state index in [2.05, 4.69) is 0 Å². The van der Waals surface area contributed by atoms with E-state index < -0.39 is 19.6 Å². The first-order valence-corrected chi connectivity index (χ1v) is 6.65. The van der Waals surface area contributed by atoms with E-state index in [4.69, 9.17) is 5.26 Å². The molecule has 1 rings (SSSR count). The van der Waals surface area contributed by atoms with Crippen LogP contribution in [0.1, 0.15) is 19.8 Å². The number of hydrogen-bond acceptors (Lipinski definition) is 5. The molecule has 0 fully saturated rings. The number of hydrogen-bond donors (Lipinski definition) is 0. The first-order chi connectivity index (χ1) is 8.36. The van der Waals surface area contributed by atoms with Gasteiger partial charge in [0.2, 0.25) is 9.84 Å². The lowest BCUT2D eigenvalue weighted by Crippen LogP contribution is -2.43. The summed E-state index contributed by atoms with van der Waals surface area (Å²) in [5.41, 5.74) is 0. The van der Waals surface area contributed by atoms with E-state index in [1.54, 1.807) is 12.1 Å². The second kappa shape index (κ2) is 5.14. The van der Waals surface area contributed by atoms with Gasteiger partial charge in [-0.15, -0.1) is 0 Å². The fourth-order valence-electron chi connectivity index (χ4n) is 1.47. The van der Waals surface area contributed by atoms with Crippen LogP contribution in [0.4, 0.5) is 0 Å². The first kappa shape index (κ1) is 14.1. The third kappa shape index (κ3) is 2.33. The van der Waals surface area contributed by atoms with Gasteiger partial charge in [0.05, 0.1) is 11.0 Å². The largest absolute Gasteiger partial charge is 0.321 e. The second-order valence-electron chi connectivity index (χ2n) is 3.91. The van der Waals surface area contributed by atoms with Crippen molar-refractivity contribution in [1.82, 2.24) is 0 Å². The molecule has 0 N–H and O–H groups in total. The van der Waals surface area contributed by atoms with Crippen molar-refractivity contribution in [2.45, 2.75) is 29.5 Å². The monoisotopic (exact) mass is 268 g/mol. The highest BCUT2D eigenvalue weighted by Crippen LogP contribution is 2.30. The van der Waals surface area contributed by atoms with Gasteiger partial charge in [-0.2, -0.15) is 5.26 Å². The van der Waals surface area contributed by atoms with Gasteiger partial charge in [-0.3, -0.25) is 10.1 Å². The van der Waals surface area contributed by atoms with Crippen LogP contribution in [-0.4, -0.2) is 18.2 Å². The Morgan fingerprint density at radius 2 is 1.94 bits per heavy atom. The Balaban J connectivity index is 3.31. The van der Waals surface area contributed by atoms with Crippen LogP contribution in [0.25, 0.3) is 0 Å². The molecular weight excluding hydrogens is 256 g/mol. The second-order valence-corrected chi connectivity index (χ2v) is 6.26. The smallest absolute Gasteiger partial charge is 0.263 e. The Hall–Kier alpha value is -1.94. The zero-order chi connectivity index (χ0) is 13.8. The maximum atomic E-state index is 12.3. The number of sulfone groups is 1. The zero-order valence-electron chi connectivity index (χ0n) is 9.74. The molecule has 0 saturated heterocycles. The van der Waals surface area contributed by atoms with Gasteiger partial charge in [0.15, 0.2) is 0 Å². The lowest BCUT2D eigenvalue weighted by atomic mass is 10.2. The molecule has 0 bridgehead atoms. The highest BCUT2D eigenvalue weighted by Gasteiger charge is 2.51. The molecule has 1 atom stereocenters. The van der Waals surface area contributed by atoms with Crippen molar-refractivity contribution in [2.24, 2.45) is 0 Å². The van der Waals surface area contributed by atoms with Gasteiger partial charge in [0, 0.05) is 24.7 Å². The van der Waals surface area contributed by atoms with Gasteiger partial charge in [0.1, 0.15) is 0 Å². The molecule has 1 aromatic rings. The van der Waals surface area contributed by atoms with Crippen LogP contribution in [0.5, 0.6) is 0 Å². The molecule has 0 aromatic heterocycles. The van der Waals surface area contributed by atoms with Crippen LogP contribution in [0.2, 0.25) is 0 Å². The Kier molecular flexibility index (Phi) is 4.03. The van der Waals surface area contributed by atoms with E-state index in [1.807, 2.05) is 0 Å². The summed E-state index contributed by atoms with van der Waals surface area (Å²) in [7, 11) is -4.12.